The number of ether oxygens (including phenoxy) is 3. The van der Waals surface area contributed by atoms with Crippen LogP contribution in [0.1, 0.15) is 11.1 Å². The SMILES string of the molecule is COCCNCc1cccc(-c2cc3nccc(Oc4ccc(NC(=S)NC(=O)Cc5ccccc5OC)cc4F)c3s2)c1. The lowest BCUT2D eigenvalue weighted by Gasteiger charge is -2.12. The Morgan fingerprint density at radius 2 is 1.84 bits per heavy atom. The van der Waals surface area contributed by atoms with Crippen molar-refractivity contribution in [1.82, 2.24) is 15.6 Å². The van der Waals surface area contributed by atoms with Crippen molar-refractivity contribution < 1.29 is 23.4 Å². The van der Waals surface area contributed by atoms with E-state index in [-0.39, 0.29) is 23.2 Å². The number of benzene rings is 3. The second kappa shape index (κ2) is 14.8. The van der Waals surface area contributed by atoms with Gasteiger partial charge in [-0.2, -0.15) is 0 Å². The molecule has 0 aliphatic carbocycles. The van der Waals surface area contributed by atoms with Crippen molar-refractivity contribution in [3.05, 3.63) is 102 Å². The van der Waals surface area contributed by atoms with E-state index in [1.54, 1.807) is 44.7 Å². The third-order valence-electron chi connectivity index (χ3n) is 6.61. The first-order chi connectivity index (χ1) is 21.4. The monoisotopic (exact) mass is 630 g/mol. The molecule has 0 bridgehead atoms. The summed E-state index contributed by atoms with van der Waals surface area (Å²) in [5, 5.41) is 8.87. The maximum atomic E-state index is 15.1. The molecular weight excluding hydrogens is 600 g/mol. The van der Waals surface area contributed by atoms with Gasteiger partial charge in [-0.1, -0.05) is 36.4 Å². The Kier molecular flexibility index (Phi) is 10.5. The van der Waals surface area contributed by atoms with Gasteiger partial charge in [0.15, 0.2) is 16.7 Å². The number of hydrogen-bond acceptors (Lipinski definition) is 8. The molecule has 0 aliphatic rings. The summed E-state index contributed by atoms with van der Waals surface area (Å²) < 4.78 is 32.4. The van der Waals surface area contributed by atoms with Crippen LogP contribution >= 0.6 is 23.6 Å². The highest BCUT2D eigenvalue weighted by Gasteiger charge is 2.15. The molecule has 11 heteroatoms. The average Bonchev–Trinajstić information content (AvgIpc) is 3.47. The number of thiophene rings is 1. The number of carbonyl (C=O) groups is 1. The number of halogens is 1. The molecule has 3 N–H and O–H groups in total. The zero-order valence-corrected chi connectivity index (χ0v) is 25.8. The summed E-state index contributed by atoms with van der Waals surface area (Å²) in [7, 11) is 3.23. The van der Waals surface area contributed by atoms with Gasteiger partial charge in [0.05, 0.1) is 30.4 Å². The topological polar surface area (TPSA) is 93.7 Å². The Morgan fingerprint density at radius 3 is 2.66 bits per heavy atom. The van der Waals surface area contributed by atoms with E-state index in [2.05, 4.69) is 39.1 Å². The van der Waals surface area contributed by atoms with Crippen molar-refractivity contribution in [3.8, 4) is 27.7 Å². The molecule has 226 valence electrons. The number of rotatable bonds is 12. The maximum absolute atomic E-state index is 15.1. The number of aromatic nitrogens is 1. The first-order valence-corrected chi connectivity index (χ1v) is 15.0. The number of para-hydroxylation sites is 1. The fourth-order valence-corrected chi connectivity index (χ4v) is 5.81. The van der Waals surface area contributed by atoms with Crippen molar-refractivity contribution in [3.63, 3.8) is 0 Å². The molecule has 1 amide bonds. The third-order valence-corrected chi connectivity index (χ3v) is 8.00. The first-order valence-electron chi connectivity index (χ1n) is 13.8. The van der Waals surface area contributed by atoms with Gasteiger partial charge in [0.1, 0.15) is 11.5 Å². The normalized spacial score (nSPS) is 10.9. The number of nitrogens with zero attached hydrogens (tertiary/aromatic N) is 1. The van der Waals surface area contributed by atoms with E-state index < -0.39 is 5.82 Å². The number of carbonyl (C=O) groups excluding carboxylic acids is 1. The lowest BCUT2D eigenvalue weighted by Crippen LogP contribution is -2.35. The quantitative estimate of drug-likeness (QED) is 0.104. The van der Waals surface area contributed by atoms with Gasteiger partial charge >= 0.3 is 0 Å². The second-order valence-electron chi connectivity index (χ2n) is 9.74. The van der Waals surface area contributed by atoms with Gasteiger partial charge in [0.25, 0.3) is 0 Å². The number of thiocarbonyl (C=S) groups is 1. The van der Waals surface area contributed by atoms with Crippen LogP contribution in [0.15, 0.2) is 85.1 Å². The number of amides is 1. The number of hydrogen-bond donors (Lipinski definition) is 3. The summed E-state index contributed by atoms with van der Waals surface area (Å²) in [5.74, 6) is 0.250. The van der Waals surface area contributed by atoms with Crippen LogP contribution in [0.4, 0.5) is 10.1 Å². The second-order valence-corrected chi connectivity index (χ2v) is 11.2. The van der Waals surface area contributed by atoms with Gasteiger partial charge in [-0.15, -0.1) is 11.3 Å². The molecule has 3 aromatic carbocycles. The van der Waals surface area contributed by atoms with Gasteiger partial charge < -0.3 is 30.2 Å². The number of methoxy groups -OCH3 is 2. The molecule has 0 spiro atoms. The zero-order valence-electron chi connectivity index (χ0n) is 24.2. The number of fused-ring (bicyclic) bond motifs is 1. The molecule has 8 nitrogen and oxygen atoms in total. The minimum absolute atomic E-state index is 0.0493. The van der Waals surface area contributed by atoms with E-state index in [4.69, 9.17) is 26.4 Å². The molecule has 0 unspecified atom stereocenters. The standard InChI is InChI=1S/C33H31FN4O4S2/c1-40-15-14-35-20-21-6-5-8-23(16-21)30-19-26-32(44-30)29(12-13-36-26)42-28-11-10-24(18-25(28)34)37-33(43)38-31(39)17-22-7-3-4-9-27(22)41-2/h3-13,16,18-19,35H,14-15,17,20H2,1-2H3,(H2,37,38,39,43). The van der Waals surface area contributed by atoms with Gasteiger partial charge in [-0.25, -0.2) is 4.39 Å². The van der Waals surface area contributed by atoms with Gasteiger partial charge in [-0.3, -0.25) is 9.78 Å². The third kappa shape index (κ3) is 7.94. The van der Waals surface area contributed by atoms with Crippen LogP contribution in [-0.4, -0.2) is 43.4 Å². The summed E-state index contributed by atoms with van der Waals surface area (Å²) in [6.45, 7) is 2.16. The number of pyridine rings is 1. The van der Waals surface area contributed by atoms with Gasteiger partial charge in [0.2, 0.25) is 5.91 Å². The van der Waals surface area contributed by atoms with Crippen LogP contribution in [0.3, 0.4) is 0 Å². The summed E-state index contributed by atoms with van der Waals surface area (Å²) in [6.07, 6.45) is 1.72. The zero-order chi connectivity index (χ0) is 30.9. The largest absolute Gasteiger partial charge is 0.496 e. The smallest absolute Gasteiger partial charge is 0.230 e. The van der Waals surface area contributed by atoms with Crippen LogP contribution in [0.25, 0.3) is 20.7 Å². The minimum atomic E-state index is -0.589. The highest BCUT2D eigenvalue weighted by molar-refractivity contribution is 7.80. The summed E-state index contributed by atoms with van der Waals surface area (Å²) in [4.78, 5) is 18.0. The Balaban J connectivity index is 1.24. The van der Waals surface area contributed by atoms with E-state index >= 15 is 4.39 Å². The highest BCUT2D eigenvalue weighted by Crippen LogP contribution is 2.40. The van der Waals surface area contributed by atoms with E-state index in [9.17, 15) is 4.79 Å². The molecule has 0 aliphatic heterocycles. The fourth-order valence-electron chi connectivity index (χ4n) is 4.51. The molecule has 44 heavy (non-hydrogen) atoms. The van der Waals surface area contributed by atoms with E-state index in [0.717, 1.165) is 44.9 Å². The molecule has 2 heterocycles. The predicted octanol–water partition coefficient (Wildman–Crippen LogP) is 6.70. The molecule has 0 saturated heterocycles. The van der Waals surface area contributed by atoms with Crippen molar-refractivity contribution in [1.29, 1.82) is 0 Å². The number of anilines is 1. The molecule has 0 radical (unpaired) electrons. The van der Waals surface area contributed by atoms with Crippen LogP contribution in [0.2, 0.25) is 0 Å². The fraction of sp³-hybridized carbons (Fsp3) is 0.182. The minimum Gasteiger partial charge on any atom is -0.496 e. The van der Waals surface area contributed by atoms with E-state index in [1.165, 1.54) is 23.5 Å². The van der Waals surface area contributed by atoms with Crippen LogP contribution < -0.4 is 25.4 Å². The lowest BCUT2D eigenvalue weighted by molar-refractivity contribution is -0.119. The summed E-state index contributed by atoms with van der Waals surface area (Å²) >= 11 is 6.80. The Morgan fingerprint density at radius 1 is 0.977 bits per heavy atom. The lowest BCUT2D eigenvalue weighted by atomic mass is 10.1. The van der Waals surface area contributed by atoms with Gasteiger partial charge in [0, 0.05) is 54.7 Å². The highest BCUT2D eigenvalue weighted by atomic mass is 32.1. The van der Waals surface area contributed by atoms with E-state index in [0.29, 0.717) is 23.8 Å². The molecule has 5 rings (SSSR count). The first kappa shape index (κ1) is 31.0. The molecular formula is C33H31FN4O4S2. The summed E-state index contributed by atoms with van der Waals surface area (Å²) in [6, 6.07) is 23.7. The predicted molar refractivity (Wildman–Crippen MR) is 176 cm³/mol. The molecule has 0 atom stereocenters. The van der Waals surface area contributed by atoms with Gasteiger partial charge in [-0.05, 0) is 53.7 Å². The van der Waals surface area contributed by atoms with Crippen molar-refractivity contribution >= 4 is 50.5 Å². The maximum Gasteiger partial charge on any atom is 0.230 e. The number of nitrogens with one attached hydrogen (secondary N) is 3. The van der Waals surface area contributed by atoms with Crippen molar-refractivity contribution in [2.45, 2.75) is 13.0 Å². The molecule has 0 fully saturated rings. The molecule has 2 aromatic heterocycles. The van der Waals surface area contributed by atoms with Crippen LogP contribution in [0.5, 0.6) is 17.2 Å². The van der Waals surface area contributed by atoms with Crippen LogP contribution in [0, 0.1) is 5.82 Å². The Hall–Kier alpha value is -4.42. The van der Waals surface area contributed by atoms with Crippen molar-refractivity contribution in [2.24, 2.45) is 0 Å². The van der Waals surface area contributed by atoms with Crippen molar-refractivity contribution in [2.75, 3.05) is 32.7 Å². The molecule has 5 aromatic rings. The Labute approximate surface area is 264 Å². The summed E-state index contributed by atoms with van der Waals surface area (Å²) in [5.41, 5.74) is 4.08. The van der Waals surface area contributed by atoms with Crippen LogP contribution in [-0.2, 0) is 22.5 Å². The molecule has 0 saturated carbocycles. The average molecular weight is 631 g/mol. The Bertz CT molecular complexity index is 1780. The van der Waals surface area contributed by atoms with E-state index in [1.807, 2.05) is 24.3 Å².